The van der Waals surface area contributed by atoms with Crippen LogP contribution < -0.4 is 0 Å². The van der Waals surface area contributed by atoms with E-state index in [-0.39, 0.29) is 25.0 Å². The van der Waals surface area contributed by atoms with Crippen molar-refractivity contribution in [3.05, 3.63) is 24.0 Å². The molecule has 0 bridgehead atoms. The number of rotatable bonds is 10. The van der Waals surface area contributed by atoms with Crippen LogP contribution in [0, 0.1) is 11.8 Å². The molecule has 142 valence electrons. The summed E-state index contributed by atoms with van der Waals surface area (Å²) in [6.45, 7) is 10.1. The van der Waals surface area contributed by atoms with E-state index in [0.29, 0.717) is 31.5 Å². The van der Waals surface area contributed by atoms with Crippen molar-refractivity contribution in [3.63, 3.8) is 0 Å². The number of hydrogen-bond donors (Lipinski definition) is 0. The molecule has 0 aromatic carbocycles. The van der Waals surface area contributed by atoms with Crippen LogP contribution in [0.3, 0.4) is 0 Å². The van der Waals surface area contributed by atoms with Gasteiger partial charge in [0.25, 0.3) is 0 Å². The Bertz CT molecular complexity index is 552. The third-order valence-electron chi connectivity index (χ3n) is 3.87. The minimum Gasteiger partial charge on any atom is -0.375 e. The fourth-order valence-electron chi connectivity index (χ4n) is 2.72. The van der Waals surface area contributed by atoms with Crippen LogP contribution >= 0.6 is 0 Å². The number of ether oxygens (including phenoxy) is 1. The first-order chi connectivity index (χ1) is 11.7. The number of nitrogens with zero attached hydrogens (tertiary/aromatic N) is 3. The quantitative estimate of drug-likeness (QED) is 0.649. The third kappa shape index (κ3) is 7.30. The van der Waals surface area contributed by atoms with Crippen LogP contribution in [0.2, 0.25) is 0 Å². The first kappa shape index (κ1) is 21.2. The van der Waals surface area contributed by atoms with Crippen LogP contribution in [0.1, 0.15) is 33.4 Å². The van der Waals surface area contributed by atoms with Gasteiger partial charge in [-0.1, -0.05) is 27.7 Å². The molecule has 1 aromatic heterocycles. The summed E-state index contributed by atoms with van der Waals surface area (Å²) in [4.78, 5) is 28.6. The lowest BCUT2D eigenvalue weighted by Gasteiger charge is -2.29. The Hall–Kier alpha value is -1.82. The number of hydrogen-bond acceptors (Lipinski definition) is 3. The molecule has 1 heterocycles. The van der Waals surface area contributed by atoms with Crippen LogP contribution in [-0.2, 0) is 27.9 Å². The molecule has 1 aromatic rings. The molecular weight excluding hydrogens is 318 g/mol. The average Bonchev–Trinajstić information content (AvgIpc) is 2.90. The summed E-state index contributed by atoms with van der Waals surface area (Å²) in [5.74, 6) is 0.477. The Morgan fingerprint density at radius 1 is 1.08 bits per heavy atom. The Labute approximate surface area is 151 Å². The summed E-state index contributed by atoms with van der Waals surface area (Å²) in [5, 5.41) is 0. The first-order valence-electron chi connectivity index (χ1n) is 8.89. The highest BCUT2D eigenvalue weighted by Gasteiger charge is 2.23. The summed E-state index contributed by atoms with van der Waals surface area (Å²) in [6.07, 6.45) is 1.97. The summed E-state index contributed by atoms with van der Waals surface area (Å²) < 4.78 is 6.97. The molecule has 0 radical (unpaired) electrons. The van der Waals surface area contributed by atoms with Gasteiger partial charge in [-0.3, -0.25) is 9.59 Å². The lowest BCUT2D eigenvalue weighted by molar-refractivity contribution is -0.143. The van der Waals surface area contributed by atoms with Gasteiger partial charge >= 0.3 is 0 Å². The lowest BCUT2D eigenvalue weighted by Crippen LogP contribution is -2.46. The molecule has 0 aliphatic carbocycles. The Morgan fingerprint density at radius 2 is 1.68 bits per heavy atom. The second-order valence-electron chi connectivity index (χ2n) is 7.38. The molecule has 0 fully saturated rings. The van der Waals surface area contributed by atoms with Crippen LogP contribution in [0.15, 0.2) is 18.3 Å². The minimum absolute atomic E-state index is 0.00198. The second-order valence-corrected chi connectivity index (χ2v) is 7.38. The van der Waals surface area contributed by atoms with Crippen molar-refractivity contribution in [2.24, 2.45) is 18.9 Å². The van der Waals surface area contributed by atoms with Crippen LogP contribution in [0.25, 0.3) is 0 Å². The SMILES string of the molecule is COCC(=O)N(CC(=O)N(Cc1cccn1C)CC(C)C)CC(C)C. The minimum atomic E-state index is -0.145. The Morgan fingerprint density at radius 3 is 2.16 bits per heavy atom. The lowest BCUT2D eigenvalue weighted by atomic mass is 10.2. The molecule has 0 atom stereocenters. The fraction of sp³-hybridized carbons (Fsp3) is 0.684. The monoisotopic (exact) mass is 351 g/mol. The number of aromatic nitrogens is 1. The maximum absolute atomic E-state index is 12.9. The van der Waals surface area contributed by atoms with Crippen molar-refractivity contribution in [2.45, 2.75) is 34.2 Å². The second kappa shape index (κ2) is 10.2. The molecule has 6 nitrogen and oxygen atoms in total. The standard InChI is InChI=1S/C19H33N3O3/c1-15(2)10-21(12-17-8-7-9-20(17)5)18(23)13-22(11-16(3)4)19(24)14-25-6/h7-9,15-16H,10-14H2,1-6H3. The molecule has 0 unspecified atom stereocenters. The molecule has 0 aliphatic heterocycles. The zero-order valence-corrected chi connectivity index (χ0v) is 16.5. The third-order valence-corrected chi connectivity index (χ3v) is 3.87. The van der Waals surface area contributed by atoms with E-state index in [9.17, 15) is 9.59 Å². The summed E-state index contributed by atoms with van der Waals surface area (Å²) >= 11 is 0. The van der Waals surface area contributed by atoms with Gasteiger partial charge in [0, 0.05) is 39.1 Å². The summed E-state index contributed by atoms with van der Waals surface area (Å²) in [7, 11) is 3.47. The van der Waals surface area contributed by atoms with Gasteiger partial charge in [-0.15, -0.1) is 0 Å². The van der Waals surface area contributed by atoms with Crippen molar-refractivity contribution in [2.75, 3.05) is 33.4 Å². The maximum Gasteiger partial charge on any atom is 0.249 e. The Balaban J connectivity index is 2.86. The van der Waals surface area contributed by atoms with Crippen molar-refractivity contribution in [3.8, 4) is 0 Å². The van der Waals surface area contributed by atoms with Gasteiger partial charge in [-0.05, 0) is 24.0 Å². The molecule has 25 heavy (non-hydrogen) atoms. The number of aryl methyl sites for hydroxylation is 1. The zero-order valence-electron chi connectivity index (χ0n) is 16.5. The molecule has 0 N–H and O–H groups in total. The van der Waals surface area contributed by atoms with E-state index < -0.39 is 0 Å². The van der Waals surface area contributed by atoms with E-state index in [1.165, 1.54) is 7.11 Å². The fourth-order valence-corrected chi connectivity index (χ4v) is 2.72. The molecule has 0 saturated carbocycles. The van der Waals surface area contributed by atoms with E-state index in [1.807, 2.05) is 48.7 Å². The molecule has 6 heteroatoms. The highest BCUT2D eigenvalue weighted by Crippen LogP contribution is 2.10. The van der Waals surface area contributed by atoms with Crippen LogP contribution in [0.4, 0.5) is 0 Å². The van der Waals surface area contributed by atoms with E-state index in [2.05, 4.69) is 13.8 Å². The molecule has 0 saturated heterocycles. The molecular formula is C19H33N3O3. The van der Waals surface area contributed by atoms with Crippen LogP contribution in [-0.4, -0.2) is 59.5 Å². The van der Waals surface area contributed by atoms with Crippen LogP contribution in [0.5, 0.6) is 0 Å². The molecule has 1 rings (SSSR count). The van der Waals surface area contributed by atoms with E-state index >= 15 is 0 Å². The van der Waals surface area contributed by atoms with Gasteiger partial charge in [-0.25, -0.2) is 0 Å². The highest BCUT2D eigenvalue weighted by atomic mass is 16.5. The predicted octanol–water partition coefficient (Wildman–Crippen LogP) is 2.14. The predicted molar refractivity (Wildman–Crippen MR) is 99.0 cm³/mol. The summed E-state index contributed by atoms with van der Waals surface area (Å²) in [6, 6.07) is 3.99. The van der Waals surface area contributed by atoms with Crippen molar-refractivity contribution >= 4 is 11.8 Å². The maximum atomic E-state index is 12.9. The van der Waals surface area contributed by atoms with Gasteiger partial charge in [0.15, 0.2) is 0 Å². The molecule has 2 amide bonds. The van der Waals surface area contributed by atoms with Gasteiger partial charge in [-0.2, -0.15) is 0 Å². The normalized spacial score (nSPS) is 11.2. The van der Waals surface area contributed by atoms with E-state index in [4.69, 9.17) is 4.74 Å². The van der Waals surface area contributed by atoms with Gasteiger partial charge in [0.05, 0.1) is 13.1 Å². The van der Waals surface area contributed by atoms with Gasteiger partial charge in [0.1, 0.15) is 6.61 Å². The van der Waals surface area contributed by atoms with E-state index in [0.717, 1.165) is 5.69 Å². The van der Waals surface area contributed by atoms with Crippen molar-refractivity contribution in [1.29, 1.82) is 0 Å². The largest absolute Gasteiger partial charge is 0.375 e. The first-order valence-corrected chi connectivity index (χ1v) is 8.89. The highest BCUT2D eigenvalue weighted by molar-refractivity contribution is 5.85. The number of amides is 2. The Kier molecular flexibility index (Phi) is 8.69. The number of carbonyl (C=O) groups is 2. The zero-order chi connectivity index (χ0) is 19.0. The van der Waals surface area contributed by atoms with Crippen molar-refractivity contribution < 1.29 is 14.3 Å². The molecule has 0 spiro atoms. The number of methoxy groups -OCH3 is 1. The smallest absolute Gasteiger partial charge is 0.249 e. The summed E-state index contributed by atoms with van der Waals surface area (Å²) in [5.41, 5.74) is 1.08. The topological polar surface area (TPSA) is 54.8 Å². The van der Waals surface area contributed by atoms with Gasteiger partial charge in [0.2, 0.25) is 11.8 Å². The number of carbonyl (C=O) groups excluding carboxylic acids is 2. The van der Waals surface area contributed by atoms with Gasteiger partial charge < -0.3 is 19.1 Å². The van der Waals surface area contributed by atoms with Crippen molar-refractivity contribution in [1.82, 2.24) is 14.4 Å². The van der Waals surface area contributed by atoms with E-state index in [1.54, 1.807) is 4.90 Å². The average molecular weight is 351 g/mol. The molecule has 0 aliphatic rings.